The van der Waals surface area contributed by atoms with Crippen molar-refractivity contribution >= 4 is 27.7 Å². The smallest absolute Gasteiger partial charge is 0.0231 e. The monoisotopic (exact) mass is 358 g/mol. The Morgan fingerprint density at radius 1 is 1.20 bits per heavy atom. The Kier molecular flexibility index (Phi) is 9.61. The summed E-state index contributed by atoms with van der Waals surface area (Å²) in [4.78, 5) is 3.81. The van der Waals surface area contributed by atoms with E-state index in [4.69, 9.17) is 0 Å². The highest BCUT2D eigenvalue weighted by molar-refractivity contribution is 9.10. The average molecular weight is 359 g/mol. The molecule has 114 valence electrons. The minimum atomic E-state index is 0.943. The Balaban J connectivity index is 2.42. The first-order chi connectivity index (χ1) is 9.71. The van der Waals surface area contributed by atoms with Crippen molar-refractivity contribution < 1.29 is 0 Å². The minimum absolute atomic E-state index is 0.943. The summed E-state index contributed by atoms with van der Waals surface area (Å²) in [6, 6.07) is 6.71. The first-order valence-electron chi connectivity index (χ1n) is 7.55. The van der Waals surface area contributed by atoms with E-state index in [1.54, 1.807) is 0 Å². The third-order valence-electron chi connectivity index (χ3n) is 3.34. The van der Waals surface area contributed by atoms with E-state index in [1.165, 1.54) is 21.4 Å². The molecular formula is C16H27BrN2S. The van der Waals surface area contributed by atoms with Crippen molar-refractivity contribution in [2.24, 2.45) is 0 Å². The summed E-state index contributed by atoms with van der Waals surface area (Å²) < 4.78 is 1.22. The summed E-state index contributed by atoms with van der Waals surface area (Å²) in [5.41, 5.74) is 1.34. The van der Waals surface area contributed by atoms with Gasteiger partial charge in [-0.25, -0.2) is 0 Å². The topological polar surface area (TPSA) is 15.3 Å². The van der Waals surface area contributed by atoms with E-state index in [1.807, 2.05) is 11.8 Å². The van der Waals surface area contributed by atoms with Crippen LogP contribution in [0.1, 0.15) is 32.8 Å². The van der Waals surface area contributed by atoms with Crippen LogP contribution in [-0.2, 0) is 6.54 Å². The van der Waals surface area contributed by atoms with Crippen LogP contribution in [0.3, 0.4) is 0 Å². The molecule has 0 spiro atoms. The van der Waals surface area contributed by atoms with E-state index in [9.17, 15) is 0 Å². The number of rotatable bonds is 10. The fourth-order valence-corrected chi connectivity index (χ4v) is 3.61. The van der Waals surface area contributed by atoms with Crippen molar-refractivity contribution in [3.63, 3.8) is 0 Å². The summed E-state index contributed by atoms with van der Waals surface area (Å²) >= 11 is 5.62. The van der Waals surface area contributed by atoms with E-state index in [0.717, 1.165) is 38.5 Å². The molecule has 0 saturated carbocycles. The highest BCUT2D eigenvalue weighted by Crippen LogP contribution is 2.25. The maximum absolute atomic E-state index is 3.68. The average Bonchev–Trinajstić information content (AvgIpc) is 2.46. The van der Waals surface area contributed by atoms with Crippen LogP contribution in [0.25, 0.3) is 0 Å². The quantitative estimate of drug-likeness (QED) is 0.493. The van der Waals surface area contributed by atoms with Gasteiger partial charge in [-0.1, -0.05) is 42.8 Å². The van der Waals surface area contributed by atoms with Gasteiger partial charge in [0.15, 0.2) is 0 Å². The Morgan fingerprint density at radius 3 is 2.55 bits per heavy atom. The molecule has 0 aliphatic heterocycles. The van der Waals surface area contributed by atoms with Gasteiger partial charge in [-0.3, -0.25) is 0 Å². The second-order valence-corrected chi connectivity index (χ2v) is 6.83. The van der Waals surface area contributed by atoms with Crippen LogP contribution in [0.15, 0.2) is 27.6 Å². The van der Waals surface area contributed by atoms with E-state index in [-0.39, 0.29) is 0 Å². The number of benzene rings is 1. The molecule has 0 aromatic heterocycles. The molecule has 4 heteroatoms. The van der Waals surface area contributed by atoms with Gasteiger partial charge >= 0.3 is 0 Å². The molecule has 0 aliphatic carbocycles. The number of hydrogen-bond donors (Lipinski definition) is 1. The van der Waals surface area contributed by atoms with E-state index >= 15 is 0 Å². The van der Waals surface area contributed by atoms with Crippen LogP contribution in [0, 0.1) is 0 Å². The molecule has 1 aromatic carbocycles. The van der Waals surface area contributed by atoms with Crippen molar-refractivity contribution in [3.8, 4) is 0 Å². The lowest BCUT2D eigenvalue weighted by Gasteiger charge is -2.17. The van der Waals surface area contributed by atoms with E-state index in [0.29, 0.717) is 0 Å². The van der Waals surface area contributed by atoms with Crippen LogP contribution >= 0.6 is 27.7 Å². The maximum atomic E-state index is 3.68. The minimum Gasteiger partial charge on any atom is -0.313 e. The zero-order valence-corrected chi connectivity index (χ0v) is 15.3. The molecule has 20 heavy (non-hydrogen) atoms. The Hall–Kier alpha value is -0.0300. The van der Waals surface area contributed by atoms with E-state index < -0.39 is 0 Å². The van der Waals surface area contributed by atoms with Crippen LogP contribution in [0.5, 0.6) is 0 Å². The predicted octanol–water partition coefficient (Wildman–Crippen LogP) is 4.38. The summed E-state index contributed by atoms with van der Waals surface area (Å²) in [6.45, 7) is 12.1. The largest absolute Gasteiger partial charge is 0.313 e. The highest BCUT2D eigenvalue weighted by Gasteiger charge is 2.03. The van der Waals surface area contributed by atoms with Crippen LogP contribution in [-0.4, -0.2) is 36.8 Å². The molecule has 0 unspecified atom stereocenters. The molecule has 0 amide bonds. The fraction of sp³-hybridized carbons (Fsp3) is 0.625. The molecule has 0 atom stereocenters. The molecule has 0 heterocycles. The summed E-state index contributed by atoms with van der Waals surface area (Å²) in [5.74, 6) is 1.15. The first-order valence-corrected chi connectivity index (χ1v) is 9.33. The second-order valence-electron chi connectivity index (χ2n) is 4.81. The van der Waals surface area contributed by atoms with Gasteiger partial charge in [0.1, 0.15) is 0 Å². The predicted molar refractivity (Wildman–Crippen MR) is 94.7 cm³/mol. The molecule has 1 rings (SSSR count). The Bertz CT molecular complexity index is 381. The van der Waals surface area contributed by atoms with Gasteiger partial charge in [-0.2, -0.15) is 0 Å². The number of nitrogens with one attached hydrogen (secondary N) is 1. The van der Waals surface area contributed by atoms with Gasteiger partial charge in [0.25, 0.3) is 0 Å². The lowest BCUT2D eigenvalue weighted by atomic mass is 10.2. The molecule has 2 nitrogen and oxygen atoms in total. The maximum Gasteiger partial charge on any atom is 0.0231 e. The molecule has 0 radical (unpaired) electrons. The lowest BCUT2D eigenvalue weighted by molar-refractivity contribution is 0.324. The normalized spacial score (nSPS) is 11.2. The SMILES string of the molecule is CCCNCc1ccc(SCCN(CC)CC)cc1Br. The molecule has 0 bridgehead atoms. The number of thioether (sulfide) groups is 1. The van der Waals surface area contributed by atoms with Crippen molar-refractivity contribution in [3.05, 3.63) is 28.2 Å². The zero-order valence-electron chi connectivity index (χ0n) is 12.9. The Morgan fingerprint density at radius 2 is 1.95 bits per heavy atom. The van der Waals surface area contributed by atoms with E-state index in [2.05, 4.69) is 65.1 Å². The van der Waals surface area contributed by atoms with Crippen molar-refractivity contribution in [2.45, 2.75) is 38.6 Å². The van der Waals surface area contributed by atoms with Crippen molar-refractivity contribution in [2.75, 3.05) is 31.9 Å². The lowest BCUT2D eigenvalue weighted by Crippen LogP contribution is -2.25. The van der Waals surface area contributed by atoms with Gasteiger partial charge in [0, 0.05) is 28.2 Å². The molecular weight excluding hydrogens is 332 g/mol. The zero-order chi connectivity index (χ0) is 14.8. The molecule has 0 fully saturated rings. The van der Waals surface area contributed by atoms with Gasteiger partial charge in [-0.15, -0.1) is 11.8 Å². The third kappa shape index (κ3) is 6.61. The van der Waals surface area contributed by atoms with Crippen molar-refractivity contribution in [1.82, 2.24) is 10.2 Å². The third-order valence-corrected chi connectivity index (χ3v) is 5.05. The van der Waals surface area contributed by atoms with Gasteiger partial charge < -0.3 is 10.2 Å². The molecule has 1 aromatic rings. The van der Waals surface area contributed by atoms with Gasteiger partial charge in [-0.05, 0) is 43.8 Å². The molecule has 0 aliphatic rings. The fourth-order valence-electron chi connectivity index (χ4n) is 1.99. The summed E-state index contributed by atoms with van der Waals surface area (Å²) in [5, 5.41) is 3.44. The molecule has 0 saturated heterocycles. The Labute approximate surface area is 136 Å². The highest BCUT2D eigenvalue weighted by atomic mass is 79.9. The molecule has 1 N–H and O–H groups in total. The van der Waals surface area contributed by atoms with Crippen LogP contribution in [0.4, 0.5) is 0 Å². The first kappa shape index (κ1) is 18.0. The number of hydrogen-bond acceptors (Lipinski definition) is 3. The van der Waals surface area contributed by atoms with Crippen LogP contribution in [0.2, 0.25) is 0 Å². The second kappa shape index (κ2) is 10.7. The summed E-state index contributed by atoms with van der Waals surface area (Å²) in [6.07, 6.45) is 1.18. The number of nitrogens with zero attached hydrogens (tertiary/aromatic N) is 1. The van der Waals surface area contributed by atoms with Crippen LogP contribution < -0.4 is 5.32 Å². The van der Waals surface area contributed by atoms with Crippen molar-refractivity contribution in [1.29, 1.82) is 0 Å². The van der Waals surface area contributed by atoms with Gasteiger partial charge in [0.2, 0.25) is 0 Å². The summed E-state index contributed by atoms with van der Waals surface area (Å²) in [7, 11) is 0. The van der Waals surface area contributed by atoms with Gasteiger partial charge in [0.05, 0.1) is 0 Å². The standard InChI is InChI=1S/C16H27BrN2S/c1-4-9-18-13-14-7-8-15(12-16(14)17)20-11-10-19(5-2)6-3/h7-8,12,18H,4-6,9-11,13H2,1-3H3. The number of halogens is 1.